The first-order valence-electron chi connectivity index (χ1n) is 6.84. The Bertz CT molecular complexity index is 328. The Kier molecular flexibility index (Phi) is 5.04. The summed E-state index contributed by atoms with van der Waals surface area (Å²) in [7, 11) is 0. The van der Waals surface area contributed by atoms with Gasteiger partial charge in [0, 0.05) is 0 Å². The van der Waals surface area contributed by atoms with Gasteiger partial charge in [-0.15, -0.1) is 0 Å². The van der Waals surface area contributed by atoms with Crippen LogP contribution in [0.4, 0.5) is 0 Å². The first-order chi connectivity index (χ1) is 8.04. The Morgan fingerprint density at radius 2 is 1.76 bits per heavy atom. The van der Waals surface area contributed by atoms with E-state index < -0.39 is 0 Å². The Morgan fingerprint density at radius 1 is 1.18 bits per heavy atom. The van der Waals surface area contributed by atoms with Gasteiger partial charge in [0.2, 0.25) is 0 Å². The van der Waals surface area contributed by atoms with Crippen LogP contribution in [-0.4, -0.2) is 5.11 Å². The summed E-state index contributed by atoms with van der Waals surface area (Å²) in [4.78, 5) is 0. The summed E-state index contributed by atoms with van der Waals surface area (Å²) >= 11 is 0. The zero-order valence-electron chi connectivity index (χ0n) is 11.7. The number of phenolic OH excluding ortho intramolecular Hbond substituents is 1. The summed E-state index contributed by atoms with van der Waals surface area (Å²) in [6, 6.07) is 7.78. The van der Waals surface area contributed by atoms with Crippen LogP contribution in [0.15, 0.2) is 24.3 Å². The highest BCUT2D eigenvalue weighted by atomic mass is 16.3. The van der Waals surface area contributed by atoms with E-state index in [1.807, 2.05) is 12.1 Å². The molecule has 0 aliphatic heterocycles. The topological polar surface area (TPSA) is 20.2 Å². The highest BCUT2D eigenvalue weighted by Crippen LogP contribution is 2.39. The van der Waals surface area contributed by atoms with E-state index in [0.717, 1.165) is 0 Å². The highest BCUT2D eigenvalue weighted by molar-refractivity contribution is 5.31. The normalized spacial score (nSPS) is 16.5. The molecule has 1 aromatic carbocycles. The van der Waals surface area contributed by atoms with E-state index in [4.69, 9.17) is 0 Å². The predicted octanol–water partition coefficient (Wildman–Crippen LogP) is 4.89. The van der Waals surface area contributed by atoms with Crippen molar-refractivity contribution in [3.05, 3.63) is 29.8 Å². The standard InChI is InChI=1S/C16H26O/c1-5-7-12-16(4,13(3)6-2)14-8-10-15(17)11-9-14/h8-11,13,17H,5-7,12H2,1-4H3. The number of benzene rings is 1. The summed E-state index contributed by atoms with van der Waals surface area (Å²) in [6.07, 6.45) is 4.93. The van der Waals surface area contributed by atoms with E-state index in [1.54, 1.807) is 0 Å². The predicted molar refractivity (Wildman–Crippen MR) is 74.4 cm³/mol. The van der Waals surface area contributed by atoms with Crippen LogP contribution in [0.1, 0.15) is 58.9 Å². The minimum atomic E-state index is 0.235. The second-order valence-corrected chi connectivity index (χ2v) is 5.38. The molecule has 17 heavy (non-hydrogen) atoms. The molecule has 0 bridgehead atoms. The number of unbranched alkanes of at least 4 members (excludes halogenated alkanes) is 1. The Morgan fingerprint density at radius 3 is 2.24 bits per heavy atom. The zero-order chi connectivity index (χ0) is 12.9. The fourth-order valence-corrected chi connectivity index (χ4v) is 2.51. The molecule has 96 valence electrons. The lowest BCUT2D eigenvalue weighted by molar-refractivity contribution is 0.277. The van der Waals surface area contributed by atoms with Crippen molar-refractivity contribution in [3.8, 4) is 5.75 Å². The lowest BCUT2D eigenvalue weighted by atomic mass is 9.68. The van der Waals surface area contributed by atoms with E-state index in [9.17, 15) is 5.11 Å². The molecular weight excluding hydrogens is 208 g/mol. The van der Waals surface area contributed by atoms with Gasteiger partial charge in [0.05, 0.1) is 0 Å². The van der Waals surface area contributed by atoms with Crippen molar-refractivity contribution in [1.82, 2.24) is 0 Å². The maximum Gasteiger partial charge on any atom is 0.115 e. The molecule has 0 saturated carbocycles. The molecule has 0 aliphatic rings. The quantitative estimate of drug-likeness (QED) is 0.743. The largest absolute Gasteiger partial charge is 0.508 e. The average molecular weight is 234 g/mol. The minimum Gasteiger partial charge on any atom is -0.508 e. The van der Waals surface area contributed by atoms with Crippen LogP contribution in [-0.2, 0) is 5.41 Å². The third kappa shape index (κ3) is 3.24. The van der Waals surface area contributed by atoms with Crippen molar-refractivity contribution < 1.29 is 5.11 Å². The molecule has 0 aliphatic carbocycles. The third-order valence-corrected chi connectivity index (χ3v) is 4.28. The average Bonchev–Trinajstić information content (AvgIpc) is 2.35. The molecule has 1 heteroatoms. The summed E-state index contributed by atoms with van der Waals surface area (Å²) in [5.41, 5.74) is 1.59. The van der Waals surface area contributed by atoms with Crippen molar-refractivity contribution in [3.63, 3.8) is 0 Å². The molecule has 0 radical (unpaired) electrons. The Hall–Kier alpha value is -0.980. The molecule has 0 fully saturated rings. The molecule has 2 unspecified atom stereocenters. The molecule has 0 saturated heterocycles. The number of aromatic hydroxyl groups is 1. The van der Waals surface area contributed by atoms with Crippen molar-refractivity contribution in [2.75, 3.05) is 0 Å². The van der Waals surface area contributed by atoms with Gasteiger partial charge in [0.15, 0.2) is 0 Å². The van der Waals surface area contributed by atoms with Crippen LogP contribution in [0.25, 0.3) is 0 Å². The van der Waals surface area contributed by atoms with Gasteiger partial charge in [-0.3, -0.25) is 0 Å². The van der Waals surface area contributed by atoms with Crippen LogP contribution < -0.4 is 0 Å². The van der Waals surface area contributed by atoms with Crippen molar-refractivity contribution >= 4 is 0 Å². The third-order valence-electron chi connectivity index (χ3n) is 4.28. The van der Waals surface area contributed by atoms with Gasteiger partial charge in [0.25, 0.3) is 0 Å². The van der Waals surface area contributed by atoms with Gasteiger partial charge in [-0.1, -0.05) is 59.1 Å². The molecule has 0 aromatic heterocycles. The molecule has 1 N–H and O–H groups in total. The summed E-state index contributed by atoms with van der Waals surface area (Å²) in [6.45, 7) is 9.20. The summed E-state index contributed by atoms with van der Waals surface area (Å²) in [5.74, 6) is 1.02. The maximum atomic E-state index is 9.39. The molecule has 0 heterocycles. The van der Waals surface area contributed by atoms with Gasteiger partial charge < -0.3 is 5.11 Å². The molecule has 0 amide bonds. The lowest BCUT2D eigenvalue weighted by Gasteiger charge is -2.36. The lowest BCUT2D eigenvalue weighted by Crippen LogP contribution is -2.30. The summed E-state index contributed by atoms with van der Waals surface area (Å²) in [5, 5.41) is 9.39. The van der Waals surface area contributed by atoms with Crippen LogP contribution in [0.2, 0.25) is 0 Å². The monoisotopic (exact) mass is 234 g/mol. The van der Waals surface area contributed by atoms with Crippen molar-refractivity contribution in [2.45, 2.75) is 58.8 Å². The van der Waals surface area contributed by atoms with Crippen molar-refractivity contribution in [1.29, 1.82) is 0 Å². The molecule has 0 spiro atoms. The van der Waals surface area contributed by atoms with Gasteiger partial charge in [-0.2, -0.15) is 0 Å². The van der Waals surface area contributed by atoms with Crippen LogP contribution >= 0.6 is 0 Å². The zero-order valence-corrected chi connectivity index (χ0v) is 11.7. The Labute approximate surface area is 106 Å². The van der Waals surface area contributed by atoms with Crippen LogP contribution in [0.3, 0.4) is 0 Å². The first kappa shape index (κ1) is 14.1. The molecule has 1 aromatic rings. The molecule has 1 rings (SSSR count). The van der Waals surface area contributed by atoms with Gasteiger partial charge in [0.1, 0.15) is 5.75 Å². The fourth-order valence-electron chi connectivity index (χ4n) is 2.51. The van der Waals surface area contributed by atoms with Gasteiger partial charge >= 0.3 is 0 Å². The van der Waals surface area contributed by atoms with Crippen LogP contribution in [0.5, 0.6) is 5.75 Å². The fraction of sp³-hybridized carbons (Fsp3) is 0.625. The second-order valence-electron chi connectivity index (χ2n) is 5.38. The SMILES string of the molecule is CCCCC(C)(c1ccc(O)cc1)C(C)CC. The van der Waals surface area contributed by atoms with E-state index in [0.29, 0.717) is 11.7 Å². The highest BCUT2D eigenvalue weighted by Gasteiger charge is 2.31. The number of hydrogen-bond donors (Lipinski definition) is 1. The van der Waals surface area contributed by atoms with E-state index in [2.05, 4.69) is 39.8 Å². The molecule has 1 nitrogen and oxygen atoms in total. The van der Waals surface area contributed by atoms with E-state index >= 15 is 0 Å². The molecular formula is C16H26O. The van der Waals surface area contributed by atoms with Crippen molar-refractivity contribution in [2.24, 2.45) is 5.92 Å². The summed E-state index contributed by atoms with van der Waals surface area (Å²) < 4.78 is 0. The number of phenols is 1. The van der Waals surface area contributed by atoms with E-state index in [1.165, 1.54) is 31.2 Å². The number of rotatable bonds is 6. The van der Waals surface area contributed by atoms with Gasteiger partial charge in [-0.05, 0) is 35.4 Å². The smallest absolute Gasteiger partial charge is 0.115 e. The number of hydrogen-bond acceptors (Lipinski definition) is 1. The van der Waals surface area contributed by atoms with Gasteiger partial charge in [-0.25, -0.2) is 0 Å². The second kappa shape index (κ2) is 6.09. The minimum absolute atomic E-state index is 0.235. The molecule has 2 atom stereocenters. The van der Waals surface area contributed by atoms with E-state index in [-0.39, 0.29) is 5.41 Å². The Balaban J connectivity index is 3.00. The maximum absolute atomic E-state index is 9.39. The van der Waals surface area contributed by atoms with Crippen LogP contribution in [0, 0.1) is 5.92 Å². The first-order valence-corrected chi connectivity index (χ1v) is 6.84.